The van der Waals surface area contributed by atoms with Crippen LogP contribution >= 0.6 is 0 Å². The maximum Gasteiger partial charge on any atom is 0.258 e. The first-order valence-electron chi connectivity index (χ1n) is 8.67. The molecule has 0 unspecified atom stereocenters. The first kappa shape index (κ1) is 19.3. The molecule has 1 saturated carbocycles. The number of carbonyl (C=O) groups excluding carboxylic acids is 1. The van der Waals surface area contributed by atoms with Gasteiger partial charge in [0.1, 0.15) is 11.6 Å². The van der Waals surface area contributed by atoms with Crippen LogP contribution in [0.4, 0.5) is 10.1 Å². The second-order valence-corrected chi connectivity index (χ2v) is 8.11. The summed E-state index contributed by atoms with van der Waals surface area (Å²) in [4.78, 5) is 12.4. The molecule has 0 radical (unpaired) electrons. The van der Waals surface area contributed by atoms with Crippen LogP contribution in [-0.4, -0.2) is 27.5 Å². The van der Waals surface area contributed by atoms with Gasteiger partial charge in [0.25, 0.3) is 5.91 Å². The predicted octanol–water partition coefficient (Wildman–Crippen LogP) is 3.31. The fourth-order valence-corrected chi connectivity index (χ4v) is 4.45. The highest BCUT2D eigenvalue weighted by Crippen LogP contribution is 2.29. The third-order valence-corrected chi connectivity index (χ3v) is 6.04. The van der Waals surface area contributed by atoms with Gasteiger partial charge in [-0.3, -0.25) is 4.79 Å². The van der Waals surface area contributed by atoms with Crippen LogP contribution in [0.25, 0.3) is 0 Å². The molecule has 2 aromatic carbocycles. The molecule has 2 N–H and O–H groups in total. The van der Waals surface area contributed by atoms with E-state index < -0.39 is 21.7 Å². The third-order valence-electron chi connectivity index (χ3n) is 4.52. The first-order valence-corrected chi connectivity index (χ1v) is 10.2. The number of methoxy groups -OCH3 is 1. The number of ether oxygens (including phenoxy) is 1. The minimum atomic E-state index is -3.73. The molecule has 6 nitrogen and oxygen atoms in total. The zero-order valence-corrected chi connectivity index (χ0v) is 15.7. The summed E-state index contributed by atoms with van der Waals surface area (Å²) in [5.74, 6) is -1.08. The summed E-state index contributed by atoms with van der Waals surface area (Å²) in [5.41, 5.74) is 0.0111. The second-order valence-electron chi connectivity index (χ2n) is 6.40. The van der Waals surface area contributed by atoms with Gasteiger partial charge < -0.3 is 10.1 Å². The number of hydrogen-bond acceptors (Lipinski definition) is 4. The highest BCUT2D eigenvalue weighted by atomic mass is 32.2. The zero-order valence-electron chi connectivity index (χ0n) is 14.9. The van der Waals surface area contributed by atoms with E-state index in [2.05, 4.69) is 10.0 Å². The first-order chi connectivity index (χ1) is 12.9. The quantitative estimate of drug-likeness (QED) is 0.790. The Kier molecular flexibility index (Phi) is 5.76. The van der Waals surface area contributed by atoms with Crippen molar-refractivity contribution in [1.82, 2.24) is 4.72 Å². The van der Waals surface area contributed by atoms with E-state index in [9.17, 15) is 17.6 Å². The second kappa shape index (κ2) is 8.06. The van der Waals surface area contributed by atoms with Gasteiger partial charge in [-0.15, -0.1) is 0 Å². The molecule has 27 heavy (non-hydrogen) atoms. The van der Waals surface area contributed by atoms with Crippen molar-refractivity contribution >= 4 is 21.6 Å². The predicted molar refractivity (Wildman–Crippen MR) is 99.9 cm³/mol. The summed E-state index contributed by atoms with van der Waals surface area (Å²) in [5, 5.41) is 2.53. The van der Waals surface area contributed by atoms with Crippen LogP contribution in [0.1, 0.15) is 36.0 Å². The van der Waals surface area contributed by atoms with Crippen molar-refractivity contribution < 1.29 is 22.3 Å². The molecule has 0 atom stereocenters. The molecule has 1 aliphatic rings. The molecule has 0 aromatic heterocycles. The lowest BCUT2D eigenvalue weighted by atomic mass is 10.2. The zero-order chi connectivity index (χ0) is 19.4. The highest BCUT2D eigenvalue weighted by Gasteiger charge is 2.24. The van der Waals surface area contributed by atoms with Crippen LogP contribution in [-0.2, 0) is 10.0 Å². The smallest absolute Gasteiger partial charge is 0.258 e. The molecule has 1 amide bonds. The number of rotatable bonds is 6. The van der Waals surface area contributed by atoms with Crippen LogP contribution < -0.4 is 14.8 Å². The Hall–Kier alpha value is -2.45. The minimum absolute atomic E-state index is 0.0130. The summed E-state index contributed by atoms with van der Waals surface area (Å²) in [6, 6.07) is 9.66. The number of halogens is 1. The van der Waals surface area contributed by atoms with E-state index in [1.165, 1.54) is 43.5 Å². The molecule has 8 heteroatoms. The molecule has 1 fully saturated rings. The van der Waals surface area contributed by atoms with Gasteiger partial charge in [-0.2, -0.15) is 0 Å². The van der Waals surface area contributed by atoms with Crippen molar-refractivity contribution in [2.45, 2.75) is 36.6 Å². The minimum Gasteiger partial charge on any atom is -0.495 e. The molecule has 0 saturated heterocycles. The number of hydrogen-bond donors (Lipinski definition) is 2. The lowest BCUT2D eigenvalue weighted by Crippen LogP contribution is -2.32. The summed E-state index contributed by atoms with van der Waals surface area (Å²) in [7, 11) is -2.33. The van der Waals surface area contributed by atoms with Crippen LogP contribution in [0.5, 0.6) is 5.75 Å². The standard InChI is InChI=1S/C19H21FN2O4S/c1-26-18-11-10-14(27(24,25)22-13-6-2-3-7-13)12-17(18)21-19(23)15-8-4-5-9-16(15)20/h4-5,8-13,22H,2-3,6-7H2,1H3,(H,21,23). The van der Waals surface area contributed by atoms with E-state index in [0.29, 0.717) is 0 Å². The largest absolute Gasteiger partial charge is 0.495 e. The van der Waals surface area contributed by atoms with E-state index in [0.717, 1.165) is 25.7 Å². The van der Waals surface area contributed by atoms with Gasteiger partial charge in [-0.1, -0.05) is 25.0 Å². The van der Waals surface area contributed by atoms with Crippen molar-refractivity contribution in [2.75, 3.05) is 12.4 Å². The number of carbonyl (C=O) groups is 1. The van der Waals surface area contributed by atoms with E-state index in [-0.39, 0.29) is 27.9 Å². The van der Waals surface area contributed by atoms with Gasteiger partial charge in [-0.05, 0) is 43.2 Å². The summed E-state index contributed by atoms with van der Waals surface area (Å²) in [6.45, 7) is 0. The summed E-state index contributed by atoms with van der Waals surface area (Å²) < 4.78 is 47.0. The molecule has 0 aliphatic heterocycles. The van der Waals surface area contributed by atoms with Gasteiger partial charge >= 0.3 is 0 Å². The molecule has 1 aliphatic carbocycles. The third kappa shape index (κ3) is 4.45. The fourth-order valence-electron chi connectivity index (χ4n) is 3.12. The number of sulfonamides is 1. The fraction of sp³-hybridized carbons (Fsp3) is 0.316. The highest BCUT2D eigenvalue weighted by molar-refractivity contribution is 7.89. The molecule has 0 bridgehead atoms. The van der Waals surface area contributed by atoms with E-state index >= 15 is 0 Å². The Balaban J connectivity index is 1.87. The van der Waals surface area contributed by atoms with Gasteiger partial charge in [0.15, 0.2) is 0 Å². The Bertz CT molecular complexity index is 940. The topological polar surface area (TPSA) is 84.5 Å². The average molecular weight is 392 g/mol. The Morgan fingerprint density at radius 3 is 2.52 bits per heavy atom. The molecule has 2 aromatic rings. The molecule has 0 heterocycles. The number of nitrogens with one attached hydrogen (secondary N) is 2. The van der Waals surface area contributed by atoms with E-state index in [4.69, 9.17) is 4.74 Å². The maximum absolute atomic E-state index is 13.8. The molecule has 144 valence electrons. The monoisotopic (exact) mass is 392 g/mol. The summed E-state index contributed by atoms with van der Waals surface area (Å²) >= 11 is 0. The number of benzene rings is 2. The average Bonchev–Trinajstić information content (AvgIpc) is 3.14. The number of anilines is 1. The van der Waals surface area contributed by atoms with Crippen molar-refractivity contribution in [3.05, 3.63) is 53.8 Å². The van der Waals surface area contributed by atoms with Gasteiger partial charge in [0.05, 0.1) is 23.3 Å². The van der Waals surface area contributed by atoms with Gasteiger partial charge in [0.2, 0.25) is 10.0 Å². The number of amides is 1. The molecular formula is C19H21FN2O4S. The molecule has 3 rings (SSSR count). The van der Waals surface area contributed by atoms with Gasteiger partial charge in [-0.25, -0.2) is 17.5 Å². The Labute approximate surface area is 157 Å². The molecule has 0 spiro atoms. The lowest BCUT2D eigenvalue weighted by Gasteiger charge is -2.15. The Morgan fingerprint density at radius 1 is 1.15 bits per heavy atom. The lowest BCUT2D eigenvalue weighted by molar-refractivity contribution is 0.102. The van der Waals surface area contributed by atoms with Crippen molar-refractivity contribution in [3.63, 3.8) is 0 Å². The van der Waals surface area contributed by atoms with E-state index in [1.807, 2.05) is 0 Å². The van der Waals surface area contributed by atoms with Crippen LogP contribution in [0, 0.1) is 5.82 Å². The van der Waals surface area contributed by atoms with Gasteiger partial charge in [0, 0.05) is 6.04 Å². The van der Waals surface area contributed by atoms with Crippen LogP contribution in [0.2, 0.25) is 0 Å². The van der Waals surface area contributed by atoms with Crippen LogP contribution in [0.3, 0.4) is 0 Å². The van der Waals surface area contributed by atoms with Crippen molar-refractivity contribution in [1.29, 1.82) is 0 Å². The molecular weight excluding hydrogens is 371 g/mol. The van der Waals surface area contributed by atoms with E-state index in [1.54, 1.807) is 6.07 Å². The van der Waals surface area contributed by atoms with Crippen molar-refractivity contribution in [2.24, 2.45) is 0 Å². The SMILES string of the molecule is COc1ccc(S(=O)(=O)NC2CCCC2)cc1NC(=O)c1ccccc1F. The maximum atomic E-state index is 13.8. The summed E-state index contributed by atoms with van der Waals surface area (Å²) in [6.07, 6.45) is 3.62. The van der Waals surface area contributed by atoms with Crippen molar-refractivity contribution in [3.8, 4) is 5.75 Å². The van der Waals surface area contributed by atoms with Crippen LogP contribution in [0.15, 0.2) is 47.4 Å². The Morgan fingerprint density at radius 2 is 1.85 bits per heavy atom. The normalized spacial score (nSPS) is 14.9.